The summed E-state index contributed by atoms with van der Waals surface area (Å²) in [5, 5.41) is 3.36. The summed E-state index contributed by atoms with van der Waals surface area (Å²) in [6, 6.07) is 0. The zero-order valence-corrected chi connectivity index (χ0v) is 12.1. The first kappa shape index (κ1) is 14.5. The van der Waals surface area contributed by atoms with E-state index in [0.29, 0.717) is 6.54 Å². The van der Waals surface area contributed by atoms with Crippen molar-refractivity contribution in [3.63, 3.8) is 0 Å². The summed E-state index contributed by atoms with van der Waals surface area (Å²) in [5.41, 5.74) is 0.187. The number of rotatable bonds is 2. The molecule has 3 heterocycles. The number of carbonyl (C=O) groups excluding carboxylic acids is 3. The van der Waals surface area contributed by atoms with Crippen LogP contribution in [-0.4, -0.2) is 73.5 Å². The average Bonchev–Trinajstić information content (AvgIpc) is 2.91. The van der Waals surface area contributed by atoms with Crippen LogP contribution in [0.2, 0.25) is 0 Å². The lowest BCUT2D eigenvalue weighted by Gasteiger charge is -2.40. The Balaban J connectivity index is 1.62. The quantitative estimate of drug-likeness (QED) is 0.659. The lowest BCUT2D eigenvalue weighted by Crippen LogP contribution is -2.54. The maximum atomic E-state index is 12.4. The third-order valence-electron chi connectivity index (χ3n) is 4.69. The van der Waals surface area contributed by atoms with Gasteiger partial charge in [-0.1, -0.05) is 0 Å². The van der Waals surface area contributed by atoms with Crippen LogP contribution in [0, 0.1) is 5.41 Å². The van der Waals surface area contributed by atoms with Gasteiger partial charge in [-0.15, -0.1) is 0 Å². The summed E-state index contributed by atoms with van der Waals surface area (Å²) in [5.74, 6) is -0.979. The molecule has 1 N–H and O–H groups in total. The van der Waals surface area contributed by atoms with Crippen LogP contribution < -0.4 is 5.32 Å². The minimum absolute atomic E-state index is 0.118. The first-order chi connectivity index (χ1) is 10.1. The molecule has 0 saturated carbocycles. The predicted molar refractivity (Wildman–Crippen MR) is 73.3 cm³/mol. The fourth-order valence-electron chi connectivity index (χ4n) is 3.50. The highest BCUT2D eigenvalue weighted by molar-refractivity contribution is 6.01. The van der Waals surface area contributed by atoms with Crippen molar-refractivity contribution >= 4 is 17.7 Å². The number of morpholine rings is 1. The average molecular weight is 295 g/mol. The van der Waals surface area contributed by atoms with Crippen molar-refractivity contribution in [2.24, 2.45) is 5.41 Å². The zero-order chi connectivity index (χ0) is 14.9. The van der Waals surface area contributed by atoms with Gasteiger partial charge in [-0.05, 0) is 25.8 Å². The van der Waals surface area contributed by atoms with Crippen LogP contribution in [-0.2, 0) is 19.1 Å². The predicted octanol–water partition coefficient (Wildman–Crippen LogP) is -1.03. The van der Waals surface area contributed by atoms with E-state index in [1.807, 2.05) is 4.90 Å². The topological polar surface area (TPSA) is 79.0 Å². The first-order valence-electron chi connectivity index (χ1n) is 7.49. The summed E-state index contributed by atoms with van der Waals surface area (Å²) in [4.78, 5) is 38.6. The Morgan fingerprint density at radius 2 is 2.00 bits per heavy atom. The summed E-state index contributed by atoms with van der Waals surface area (Å²) in [6.45, 7) is 3.01. The van der Waals surface area contributed by atoms with Crippen molar-refractivity contribution in [1.82, 2.24) is 15.1 Å². The van der Waals surface area contributed by atoms with Gasteiger partial charge in [0.15, 0.2) is 0 Å². The van der Waals surface area contributed by atoms with Crippen molar-refractivity contribution < 1.29 is 19.1 Å². The fourth-order valence-corrected chi connectivity index (χ4v) is 3.50. The summed E-state index contributed by atoms with van der Waals surface area (Å²) in [6.07, 6.45) is 3.21. The van der Waals surface area contributed by atoms with E-state index < -0.39 is 11.8 Å². The van der Waals surface area contributed by atoms with Crippen molar-refractivity contribution in [3.05, 3.63) is 0 Å². The largest absolute Gasteiger partial charge is 0.362 e. The lowest BCUT2D eigenvalue weighted by atomic mass is 9.79. The van der Waals surface area contributed by atoms with Crippen molar-refractivity contribution in [3.8, 4) is 0 Å². The third-order valence-corrected chi connectivity index (χ3v) is 4.69. The molecular formula is C14H21N3O4. The van der Waals surface area contributed by atoms with Crippen LogP contribution in [0.3, 0.4) is 0 Å². The Kier molecular flexibility index (Phi) is 3.95. The van der Waals surface area contributed by atoms with Gasteiger partial charge in [0, 0.05) is 25.0 Å². The Bertz CT molecular complexity index is 443. The number of piperidine rings is 1. The first-order valence-corrected chi connectivity index (χ1v) is 7.49. The Labute approximate surface area is 123 Å². The molecule has 1 atom stereocenters. The second-order valence-electron chi connectivity index (χ2n) is 6.21. The SMILES string of the molecule is O=C(CN1C(=O)COCC1=O)N1CCC[C@]2(CCNC2)C1. The Morgan fingerprint density at radius 1 is 1.24 bits per heavy atom. The van der Waals surface area contributed by atoms with E-state index in [1.165, 1.54) is 0 Å². The molecular weight excluding hydrogens is 274 g/mol. The van der Waals surface area contributed by atoms with Gasteiger partial charge in [0.05, 0.1) is 0 Å². The molecule has 21 heavy (non-hydrogen) atoms. The maximum absolute atomic E-state index is 12.4. The summed E-state index contributed by atoms with van der Waals surface area (Å²) in [7, 11) is 0. The van der Waals surface area contributed by atoms with Crippen molar-refractivity contribution in [2.45, 2.75) is 19.3 Å². The van der Waals surface area contributed by atoms with Crippen molar-refractivity contribution in [2.75, 3.05) is 45.9 Å². The third kappa shape index (κ3) is 2.94. The van der Waals surface area contributed by atoms with E-state index in [1.54, 1.807) is 0 Å². The van der Waals surface area contributed by atoms with Gasteiger partial charge < -0.3 is 15.0 Å². The maximum Gasteiger partial charge on any atom is 0.255 e. The molecule has 0 bridgehead atoms. The second-order valence-corrected chi connectivity index (χ2v) is 6.21. The number of ether oxygens (including phenoxy) is 1. The number of nitrogens with zero attached hydrogens (tertiary/aromatic N) is 2. The van der Waals surface area contributed by atoms with E-state index in [9.17, 15) is 14.4 Å². The van der Waals surface area contributed by atoms with Crippen LogP contribution in [0.4, 0.5) is 0 Å². The molecule has 3 aliphatic rings. The Morgan fingerprint density at radius 3 is 2.67 bits per heavy atom. The van der Waals surface area contributed by atoms with Gasteiger partial charge in [-0.3, -0.25) is 19.3 Å². The molecule has 3 saturated heterocycles. The number of nitrogens with one attached hydrogen (secondary N) is 1. The molecule has 0 aromatic carbocycles. The molecule has 0 aromatic rings. The second kappa shape index (κ2) is 5.73. The van der Waals surface area contributed by atoms with Gasteiger partial charge in [0.2, 0.25) is 5.91 Å². The highest BCUT2D eigenvalue weighted by Crippen LogP contribution is 2.35. The molecule has 116 valence electrons. The highest BCUT2D eigenvalue weighted by Gasteiger charge is 2.40. The van der Waals surface area contributed by atoms with Gasteiger partial charge >= 0.3 is 0 Å². The molecule has 0 unspecified atom stereocenters. The molecule has 0 aromatic heterocycles. The monoisotopic (exact) mass is 295 g/mol. The summed E-state index contributed by atoms with van der Waals surface area (Å²) < 4.78 is 4.85. The van der Waals surface area contributed by atoms with Crippen LogP contribution in [0.15, 0.2) is 0 Å². The molecule has 3 fully saturated rings. The van der Waals surface area contributed by atoms with Gasteiger partial charge in [0.25, 0.3) is 11.8 Å². The van der Waals surface area contributed by atoms with E-state index in [2.05, 4.69) is 5.32 Å². The molecule has 7 heteroatoms. The standard InChI is InChI=1S/C14H21N3O4/c18-11(6-17-12(19)7-21-8-13(17)20)16-5-1-2-14(10-16)3-4-15-9-14/h15H,1-10H2/t14-/m1/s1. The van der Waals surface area contributed by atoms with Crippen LogP contribution in [0.1, 0.15) is 19.3 Å². The number of carbonyl (C=O) groups is 3. The number of likely N-dealkylation sites (tertiary alicyclic amines) is 1. The fraction of sp³-hybridized carbons (Fsp3) is 0.786. The minimum atomic E-state index is -0.422. The molecule has 0 radical (unpaired) electrons. The minimum Gasteiger partial charge on any atom is -0.362 e. The zero-order valence-electron chi connectivity index (χ0n) is 12.1. The van der Waals surface area contributed by atoms with E-state index in [4.69, 9.17) is 4.74 Å². The van der Waals surface area contributed by atoms with Gasteiger partial charge in [-0.2, -0.15) is 0 Å². The molecule has 3 aliphatic heterocycles. The molecule has 1 spiro atoms. The number of amides is 3. The van der Waals surface area contributed by atoms with Gasteiger partial charge in [0.1, 0.15) is 19.8 Å². The molecule has 7 nitrogen and oxygen atoms in total. The number of hydrogen-bond acceptors (Lipinski definition) is 5. The van der Waals surface area contributed by atoms with E-state index in [0.717, 1.165) is 43.8 Å². The highest BCUT2D eigenvalue weighted by atomic mass is 16.5. The molecule has 3 rings (SSSR count). The lowest BCUT2D eigenvalue weighted by molar-refractivity contribution is -0.162. The summed E-state index contributed by atoms with van der Waals surface area (Å²) >= 11 is 0. The van der Waals surface area contributed by atoms with Crippen molar-refractivity contribution in [1.29, 1.82) is 0 Å². The van der Waals surface area contributed by atoms with Crippen LogP contribution >= 0.6 is 0 Å². The molecule has 3 amide bonds. The smallest absolute Gasteiger partial charge is 0.255 e. The van der Waals surface area contributed by atoms with E-state index >= 15 is 0 Å². The normalized spacial score (nSPS) is 30.3. The van der Waals surface area contributed by atoms with Crippen LogP contribution in [0.5, 0.6) is 0 Å². The number of hydrogen-bond donors (Lipinski definition) is 1. The number of imide groups is 1. The Hall–Kier alpha value is -1.47. The van der Waals surface area contributed by atoms with Gasteiger partial charge in [-0.25, -0.2) is 0 Å². The van der Waals surface area contributed by atoms with Crippen LogP contribution in [0.25, 0.3) is 0 Å². The molecule has 0 aliphatic carbocycles. The van der Waals surface area contributed by atoms with E-state index in [-0.39, 0.29) is 31.1 Å².